The number of hydrogen-bond donors (Lipinski definition) is 1. The molecule has 0 bridgehead atoms. The van der Waals surface area contributed by atoms with Crippen LogP contribution in [0.25, 0.3) is 11.3 Å². The Labute approximate surface area is 103 Å². The molecule has 1 aromatic carbocycles. The zero-order chi connectivity index (χ0) is 13.0. The zero-order valence-corrected chi connectivity index (χ0v) is 10.1. The average molecular weight is 252 g/mol. The molecule has 0 saturated carbocycles. The summed E-state index contributed by atoms with van der Waals surface area (Å²) in [5, 5.41) is 6.65. The topological polar surface area (TPSA) is 56.4 Å². The Kier molecular flexibility index (Phi) is 3.78. The van der Waals surface area contributed by atoms with Crippen LogP contribution in [0.4, 0.5) is 4.39 Å². The van der Waals surface area contributed by atoms with Crippen molar-refractivity contribution in [1.29, 1.82) is 0 Å². The maximum atomic E-state index is 13.4. The summed E-state index contributed by atoms with van der Waals surface area (Å²) in [5.41, 5.74) is 1.28. The van der Waals surface area contributed by atoms with Crippen molar-refractivity contribution in [3.63, 3.8) is 0 Å². The van der Waals surface area contributed by atoms with Crippen molar-refractivity contribution in [2.24, 2.45) is 0 Å². The molecule has 6 heteroatoms. The molecular formula is C12H13FN2O3. The van der Waals surface area contributed by atoms with Crippen LogP contribution in [0.5, 0.6) is 11.5 Å². The van der Waals surface area contributed by atoms with E-state index in [1.54, 1.807) is 12.3 Å². The quantitative estimate of drug-likeness (QED) is 0.829. The lowest BCUT2D eigenvalue weighted by molar-refractivity contribution is 0.0512. The lowest BCUT2D eigenvalue weighted by Gasteiger charge is -2.13. The maximum absolute atomic E-state index is 13.4. The van der Waals surface area contributed by atoms with Crippen LogP contribution in [0.2, 0.25) is 0 Å². The van der Waals surface area contributed by atoms with Crippen molar-refractivity contribution in [2.45, 2.75) is 0 Å². The Morgan fingerprint density at radius 1 is 1.28 bits per heavy atom. The van der Waals surface area contributed by atoms with Gasteiger partial charge >= 0.3 is 0 Å². The smallest absolute Gasteiger partial charge is 0.188 e. The van der Waals surface area contributed by atoms with Crippen LogP contribution in [0, 0.1) is 5.82 Å². The van der Waals surface area contributed by atoms with Gasteiger partial charge in [0.25, 0.3) is 0 Å². The van der Waals surface area contributed by atoms with Gasteiger partial charge in [0.05, 0.1) is 18.4 Å². The number of methoxy groups -OCH3 is 2. The van der Waals surface area contributed by atoms with Gasteiger partial charge in [-0.3, -0.25) is 5.10 Å². The average Bonchev–Trinajstić information content (AvgIpc) is 2.88. The van der Waals surface area contributed by atoms with Gasteiger partial charge in [-0.25, -0.2) is 4.39 Å². The second kappa shape index (κ2) is 5.50. The number of benzene rings is 1. The van der Waals surface area contributed by atoms with Gasteiger partial charge in [0, 0.05) is 25.4 Å². The highest BCUT2D eigenvalue weighted by atomic mass is 19.1. The van der Waals surface area contributed by atoms with E-state index in [0.29, 0.717) is 22.8 Å². The van der Waals surface area contributed by atoms with Gasteiger partial charge in [-0.1, -0.05) is 0 Å². The molecule has 5 nitrogen and oxygen atoms in total. The van der Waals surface area contributed by atoms with Crippen LogP contribution in [0.3, 0.4) is 0 Å². The minimum atomic E-state index is -0.443. The number of aromatic nitrogens is 2. The first-order valence-electron chi connectivity index (χ1n) is 5.25. The molecule has 0 fully saturated rings. The molecular weight excluding hydrogens is 239 g/mol. The predicted molar refractivity (Wildman–Crippen MR) is 63.0 cm³/mol. The first-order chi connectivity index (χ1) is 8.76. The van der Waals surface area contributed by atoms with Gasteiger partial charge in [-0.05, 0) is 6.07 Å². The third-order valence-corrected chi connectivity index (χ3v) is 2.35. The number of hydrogen-bond acceptors (Lipinski definition) is 4. The van der Waals surface area contributed by atoms with Crippen LogP contribution < -0.4 is 9.47 Å². The first kappa shape index (κ1) is 12.4. The zero-order valence-electron chi connectivity index (χ0n) is 10.1. The highest BCUT2D eigenvalue weighted by molar-refractivity contribution is 5.74. The van der Waals surface area contributed by atoms with E-state index in [4.69, 9.17) is 14.2 Å². The van der Waals surface area contributed by atoms with Crippen molar-refractivity contribution < 1.29 is 18.6 Å². The predicted octanol–water partition coefficient (Wildman–Crippen LogP) is 2.21. The number of halogens is 1. The number of ether oxygens (including phenoxy) is 3. The number of nitrogens with zero attached hydrogens (tertiary/aromatic N) is 1. The summed E-state index contributed by atoms with van der Waals surface area (Å²) in [6.45, 7) is 0.0216. The highest BCUT2D eigenvalue weighted by Crippen LogP contribution is 2.38. The van der Waals surface area contributed by atoms with Crippen LogP contribution in [0.15, 0.2) is 24.4 Å². The number of rotatable bonds is 5. The fraction of sp³-hybridized carbons (Fsp3) is 0.250. The lowest BCUT2D eigenvalue weighted by atomic mass is 10.1. The van der Waals surface area contributed by atoms with E-state index in [-0.39, 0.29) is 6.79 Å². The molecule has 18 heavy (non-hydrogen) atoms. The van der Waals surface area contributed by atoms with E-state index < -0.39 is 5.82 Å². The fourth-order valence-electron chi connectivity index (χ4n) is 1.62. The van der Waals surface area contributed by atoms with Gasteiger partial charge in [0.15, 0.2) is 6.79 Å². The molecule has 0 aliphatic carbocycles. The van der Waals surface area contributed by atoms with Crippen molar-refractivity contribution in [1.82, 2.24) is 10.2 Å². The Morgan fingerprint density at radius 3 is 2.67 bits per heavy atom. The molecule has 96 valence electrons. The van der Waals surface area contributed by atoms with Crippen molar-refractivity contribution >= 4 is 0 Å². The van der Waals surface area contributed by atoms with E-state index in [1.807, 2.05) is 0 Å². The normalized spacial score (nSPS) is 10.4. The summed E-state index contributed by atoms with van der Waals surface area (Å²) in [6, 6.07) is 4.31. The lowest BCUT2D eigenvalue weighted by Crippen LogP contribution is -2.02. The van der Waals surface area contributed by atoms with Gasteiger partial charge in [0.2, 0.25) is 0 Å². The van der Waals surface area contributed by atoms with E-state index in [0.717, 1.165) is 0 Å². The molecule has 0 aliphatic rings. The van der Waals surface area contributed by atoms with Crippen molar-refractivity contribution in [2.75, 3.05) is 21.0 Å². The molecule has 0 spiro atoms. The first-order valence-corrected chi connectivity index (χ1v) is 5.25. The van der Waals surface area contributed by atoms with Crippen LogP contribution >= 0.6 is 0 Å². The molecule has 1 N–H and O–H groups in total. The highest BCUT2D eigenvalue weighted by Gasteiger charge is 2.16. The molecule has 0 unspecified atom stereocenters. The number of aromatic amines is 1. The minimum Gasteiger partial charge on any atom is -0.496 e. The van der Waals surface area contributed by atoms with Gasteiger partial charge in [-0.2, -0.15) is 5.10 Å². The molecule has 0 atom stereocenters. The molecule has 0 saturated heterocycles. The fourth-order valence-corrected chi connectivity index (χ4v) is 1.62. The molecule has 2 rings (SSSR count). The summed E-state index contributed by atoms with van der Waals surface area (Å²) < 4.78 is 28.8. The summed E-state index contributed by atoms with van der Waals surface area (Å²) in [4.78, 5) is 0. The Bertz CT molecular complexity index is 514. The standard InChI is InChI=1S/C12H13FN2O3/c1-16-7-18-11-6-8(13)5-10(17-2)12(11)9-3-4-14-15-9/h3-6H,7H2,1-2H3,(H,14,15). The molecule has 0 aliphatic heterocycles. The monoisotopic (exact) mass is 252 g/mol. The maximum Gasteiger partial charge on any atom is 0.188 e. The van der Waals surface area contributed by atoms with E-state index in [1.165, 1.54) is 26.4 Å². The summed E-state index contributed by atoms with van der Waals surface area (Å²) in [6.07, 6.45) is 1.60. The third kappa shape index (κ3) is 2.43. The SMILES string of the molecule is COCOc1cc(F)cc(OC)c1-c1ccn[nH]1. The minimum absolute atomic E-state index is 0.0216. The molecule has 0 radical (unpaired) electrons. The van der Waals surface area contributed by atoms with Crippen LogP contribution in [-0.2, 0) is 4.74 Å². The van der Waals surface area contributed by atoms with E-state index in [2.05, 4.69) is 10.2 Å². The Balaban J connectivity index is 2.51. The Hall–Kier alpha value is -2.08. The van der Waals surface area contributed by atoms with Gasteiger partial charge < -0.3 is 14.2 Å². The van der Waals surface area contributed by atoms with Gasteiger partial charge in [0.1, 0.15) is 17.3 Å². The molecule has 1 heterocycles. The molecule has 2 aromatic rings. The summed E-state index contributed by atoms with van der Waals surface area (Å²) >= 11 is 0. The number of H-pyrrole nitrogens is 1. The van der Waals surface area contributed by atoms with Crippen molar-refractivity contribution in [3.05, 3.63) is 30.2 Å². The second-order valence-corrected chi connectivity index (χ2v) is 3.50. The number of nitrogens with one attached hydrogen (secondary N) is 1. The van der Waals surface area contributed by atoms with Crippen LogP contribution in [0.1, 0.15) is 0 Å². The molecule has 0 amide bonds. The van der Waals surface area contributed by atoms with Crippen molar-refractivity contribution in [3.8, 4) is 22.8 Å². The van der Waals surface area contributed by atoms with Gasteiger partial charge in [-0.15, -0.1) is 0 Å². The summed E-state index contributed by atoms with van der Waals surface area (Å²) in [7, 11) is 2.96. The summed E-state index contributed by atoms with van der Waals surface area (Å²) in [5.74, 6) is 0.254. The van der Waals surface area contributed by atoms with E-state index in [9.17, 15) is 4.39 Å². The van der Waals surface area contributed by atoms with Crippen LogP contribution in [-0.4, -0.2) is 31.2 Å². The Morgan fingerprint density at radius 2 is 2.06 bits per heavy atom. The van der Waals surface area contributed by atoms with E-state index >= 15 is 0 Å². The largest absolute Gasteiger partial charge is 0.496 e. The molecule has 1 aromatic heterocycles. The third-order valence-electron chi connectivity index (χ3n) is 2.35. The second-order valence-electron chi connectivity index (χ2n) is 3.50.